The zero-order valence-corrected chi connectivity index (χ0v) is 9.94. The zero-order valence-electron chi connectivity index (χ0n) is 9.94. The Morgan fingerprint density at radius 2 is 2.12 bits per heavy atom. The van der Waals surface area contributed by atoms with Crippen molar-refractivity contribution < 1.29 is 0 Å². The van der Waals surface area contributed by atoms with Gasteiger partial charge >= 0.3 is 0 Å². The number of hydrogen-bond acceptors (Lipinski definition) is 4. The van der Waals surface area contributed by atoms with E-state index in [-0.39, 0.29) is 11.0 Å². The molecule has 0 spiro atoms. The van der Waals surface area contributed by atoms with E-state index < -0.39 is 0 Å². The summed E-state index contributed by atoms with van der Waals surface area (Å²) >= 11 is 0. The molecule has 1 unspecified atom stereocenters. The maximum Gasteiger partial charge on any atom is 0.204 e. The Bertz CT molecular complexity index is 546. The minimum atomic E-state index is -0.216. The highest BCUT2D eigenvalue weighted by molar-refractivity contribution is 5.56. The molecule has 1 atom stereocenters. The van der Waals surface area contributed by atoms with Crippen molar-refractivity contribution in [2.75, 3.05) is 0 Å². The Balaban J connectivity index is 2.02. The Morgan fingerprint density at radius 1 is 1.35 bits per heavy atom. The van der Waals surface area contributed by atoms with Crippen molar-refractivity contribution >= 4 is 0 Å². The number of nitrogens with two attached hydrogens (primary N) is 1. The van der Waals surface area contributed by atoms with Crippen molar-refractivity contribution in [3.63, 3.8) is 0 Å². The molecule has 1 saturated carbocycles. The summed E-state index contributed by atoms with van der Waals surface area (Å²) in [5.74, 6) is 0.605. The van der Waals surface area contributed by atoms with Crippen LogP contribution >= 0.6 is 0 Å². The lowest BCUT2D eigenvalue weighted by Gasteiger charge is -2.15. The van der Waals surface area contributed by atoms with Gasteiger partial charge in [-0.2, -0.15) is 5.21 Å². The fourth-order valence-corrected chi connectivity index (χ4v) is 2.37. The summed E-state index contributed by atoms with van der Waals surface area (Å²) in [7, 11) is 0. The highest BCUT2D eigenvalue weighted by atomic mass is 15.5. The van der Waals surface area contributed by atoms with Crippen molar-refractivity contribution in [2.24, 2.45) is 11.1 Å². The van der Waals surface area contributed by atoms with Gasteiger partial charge < -0.3 is 5.73 Å². The summed E-state index contributed by atoms with van der Waals surface area (Å²) in [5, 5.41) is 14.0. The van der Waals surface area contributed by atoms with Crippen LogP contribution in [0.4, 0.5) is 0 Å². The first kappa shape index (κ1) is 10.4. The van der Waals surface area contributed by atoms with Crippen LogP contribution in [0.5, 0.6) is 0 Å². The lowest BCUT2D eigenvalue weighted by atomic mass is 9.95. The molecule has 3 N–H and O–H groups in total. The molecule has 5 nitrogen and oxygen atoms in total. The largest absolute Gasteiger partial charge is 0.321 e. The molecule has 1 aliphatic carbocycles. The normalized spacial score (nSPS) is 25.8. The zero-order chi connectivity index (χ0) is 12.1. The summed E-state index contributed by atoms with van der Waals surface area (Å²) < 4.78 is 0. The molecule has 5 heteroatoms. The number of tetrazole rings is 1. The van der Waals surface area contributed by atoms with Gasteiger partial charge in [-0.3, -0.25) is 0 Å². The Hall–Kier alpha value is -1.75. The standard InChI is InChI=1S/C12H15N5/c1-11(2)7-12(11,13)9-5-3-4-8(6-9)10-14-16-17-15-10/h3-6H,7,13H2,1-2H3,(H,14,15,16,17). The van der Waals surface area contributed by atoms with Crippen molar-refractivity contribution in [1.82, 2.24) is 20.6 Å². The second kappa shape index (κ2) is 3.13. The second-order valence-corrected chi connectivity index (χ2v) is 5.35. The highest BCUT2D eigenvalue weighted by Gasteiger charge is 2.59. The topological polar surface area (TPSA) is 80.5 Å². The van der Waals surface area contributed by atoms with Crippen LogP contribution in [0.1, 0.15) is 25.8 Å². The Kier molecular flexibility index (Phi) is 1.92. The minimum absolute atomic E-state index is 0.170. The van der Waals surface area contributed by atoms with Gasteiger partial charge in [-0.25, -0.2) is 0 Å². The molecule has 0 aliphatic heterocycles. The first-order valence-corrected chi connectivity index (χ1v) is 5.66. The van der Waals surface area contributed by atoms with Crippen LogP contribution in [0.3, 0.4) is 0 Å². The third kappa shape index (κ3) is 1.46. The van der Waals surface area contributed by atoms with Crippen molar-refractivity contribution in [3.05, 3.63) is 29.8 Å². The van der Waals surface area contributed by atoms with Gasteiger partial charge in [0.25, 0.3) is 0 Å². The third-order valence-corrected chi connectivity index (χ3v) is 3.78. The van der Waals surface area contributed by atoms with Crippen LogP contribution in [0.2, 0.25) is 0 Å². The third-order valence-electron chi connectivity index (χ3n) is 3.78. The molecule has 1 aliphatic rings. The van der Waals surface area contributed by atoms with Crippen molar-refractivity contribution in [1.29, 1.82) is 0 Å². The van der Waals surface area contributed by atoms with E-state index in [0.29, 0.717) is 5.82 Å². The lowest BCUT2D eigenvalue weighted by Crippen LogP contribution is -2.25. The quantitative estimate of drug-likeness (QED) is 0.816. The first-order chi connectivity index (χ1) is 8.03. The molecule has 1 aromatic carbocycles. The Morgan fingerprint density at radius 3 is 2.71 bits per heavy atom. The van der Waals surface area contributed by atoms with E-state index >= 15 is 0 Å². The van der Waals surface area contributed by atoms with Crippen LogP contribution in [0.25, 0.3) is 11.4 Å². The monoisotopic (exact) mass is 229 g/mol. The van der Waals surface area contributed by atoms with Gasteiger partial charge in [-0.15, -0.1) is 10.2 Å². The number of hydrogen-bond donors (Lipinski definition) is 2. The number of benzene rings is 1. The van der Waals surface area contributed by atoms with E-state index in [1.807, 2.05) is 12.1 Å². The number of H-pyrrole nitrogens is 1. The van der Waals surface area contributed by atoms with Crippen molar-refractivity contribution in [2.45, 2.75) is 25.8 Å². The molecule has 1 heterocycles. The highest BCUT2D eigenvalue weighted by Crippen LogP contribution is 2.60. The van der Waals surface area contributed by atoms with Crippen LogP contribution in [0.15, 0.2) is 24.3 Å². The molecule has 0 amide bonds. The molecular formula is C12H15N5. The predicted molar refractivity (Wildman–Crippen MR) is 63.9 cm³/mol. The SMILES string of the molecule is CC1(C)CC1(N)c1cccc(-c2nn[nH]n2)c1. The Labute approximate surface area is 99.4 Å². The summed E-state index contributed by atoms with van der Waals surface area (Å²) in [6.07, 6.45) is 1.01. The van der Waals surface area contributed by atoms with Crippen molar-refractivity contribution in [3.8, 4) is 11.4 Å². The van der Waals surface area contributed by atoms with Gasteiger partial charge in [0.15, 0.2) is 0 Å². The molecule has 2 aromatic rings. The summed E-state index contributed by atoms with van der Waals surface area (Å²) in [4.78, 5) is 0. The van der Waals surface area contributed by atoms with E-state index in [1.165, 1.54) is 0 Å². The molecule has 0 bridgehead atoms. The minimum Gasteiger partial charge on any atom is -0.321 e. The number of aromatic amines is 1. The maximum absolute atomic E-state index is 6.40. The second-order valence-electron chi connectivity index (χ2n) is 5.35. The van der Waals surface area contributed by atoms with Gasteiger partial charge in [0.1, 0.15) is 0 Å². The molecular weight excluding hydrogens is 214 g/mol. The van der Waals surface area contributed by atoms with E-state index in [1.54, 1.807) is 0 Å². The van der Waals surface area contributed by atoms with E-state index in [9.17, 15) is 0 Å². The first-order valence-electron chi connectivity index (χ1n) is 5.66. The smallest absolute Gasteiger partial charge is 0.204 e. The number of rotatable bonds is 2. The average Bonchev–Trinajstić information content (AvgIpc) is 2.75. The molecule has 0 radical (unpaired) electrons. The van der Waals surface area contributed by atoms with Gasteiger partial charge in [0, 0.05) is 11.1 Å². The summed E-state index contributed by atoms with van der Waals surface area (Å²) in [6, 6.07) is 8.08. The maximum atomic E-state index is 6.40. The van der Waals surface area contributed by atoms with Gasteiger partial charge in [-0.05, 0) is 28.7 Å². The van der Waals surface area contributed by atoms with Gasteiger partial charge in [-0.1, -0.05) is 32.0 Å². The molecule has 3 rings (SSSR count). The fraction of sp³-hybridized carbons (Fsp3) is 0.417. The average molecular weight is 229 g/mol. The molecule has 1 aromatic heterocycles. The molecule has 17 heavy (non-hydrogen) atoms. The molecule has 88 valence electrons. The van der Waals surface area contributed by atoms with E-state index in [4.69, 9.17) is 5.73 Å². The molecule has 1 fully saturated rings. The lowest BCUT2D eigenvalue weighted by molar-refractivity contribution is 0.510. The summed E-state index contributed by atoms with van der Waals surface area (Å²) in [6.45, 7) is 4.38. The van der Waals surface area contributed by atoms with Crippen LogP contribution < -0.4 is 5.73 Å². The van der Waals surface area contributed by atoms with E-state index in [0.717, 1.165) is 17.5 Å². The number of nitrogens with one attached hydrogen (secondary N) is 1. The van der Waals surface area contributed by atoms with Gasteiger partial charge in [0.2, 0.25) is 5.82 Å². The number of aromatic nitrogens is 4. The predicted octanol–water partition coefficient (Wildman–Crippen LogP) is 1.45. The summed E-state index contributed by atoms with van der Waals surface area (Å²) in [5.41, 5.74) is 8.45. The van der Waals surface area contributed by atoms with E-state index in [2.05, 4.69) is 46.6 Å². The fourth-order valence-electron chi connectivity index (χ4n) is 2.37. The van der Waals surface area contributed by atoms with Gasteiger partial charge in [0.05, 0.1) is 0 Å². The van der Waals surface area contributed by atoms with Crippen LogP contribution in [-0.2, 0) is 5.54 Å². The molecule has 0 saturated heterocycles. The number of nitrogens with zero attached hydrogens (tertiary/aromatic N) is 3. The van der Waals surface area contributed by atoms with Crippen LogP contribution in [-0.4, -0.2) is 20.6 Å². The van der Waals surface area contributed by atoms with Crippen LogP contribution in [0, 0.1) is 5.41 Å².